The summed E-state index contributed by atoms with van der Waals surface area (Å²) in [6.45, 7) is 3.34. The topological polar surface area (TPSA) is 92.1 Å². The molecule has 1 amide bonds. The molecule has 0 bridgehead atoms. The van der Waals surface area contributed by atoms with E-state index in [9.17, 15) is 4.79 Å². The van der Waals surface area contributed by atoms with Gasteiger partial charge in [-0.2, -0.15) is 9.61 Å². The van der Waals surface area contributed by atoms with Crippen LogP contribution < -0.4 is 0 Å². The summed E-state index contributed by atoms with van der Waals surface area (Å²) in [6.07, 6.45) is 5.17. The second-order valence-electron chi connectivity index (χ2n) is 6.97. The third-order valence-corrected chi connectivity index (χ3v) is 5.25. The third-order valence-electron chi connectivity index (χ3n) is 5.25. The van der Waals surface area contributed by atoms with E-state index in [-0.39, 0.29) is 11.8 Å². The standard InChI is InChI=1S/C19H19N7O/c1-12-4-5-16-22-23-18(26(16)24-12)13-6-9-25(10-7-13)19(27)15-11-21-17-14(15)3-2-8-20-17/h2-5,8,11,13H,6-7,9-10H2,1H3,(H,20,21). The number of nitrogens with zero attached hydrogens (tertiary/aromatic N) is 6. The molecule has 8 heteroatoms. The Balaban J connectivity index is 1.35. The number of H-pyrrole nitrogens is 1. The van der Waals surface area contributed by atoms with E-state index >= 15 is 0 Å². The van der Waals surface area contributed by atoms with Crippen molar-refractivity contribution in [3.05, 3.63) is 53.7 Å². The van der Waals surface area contributed by atoms with Crippen LogP contribution in [0.1, 0.15) is 40.6 Å². The highest BCUT2D eigenvalue weighted by Crippen LogP contribution is 2.28. The van der Waals surface area contributed by atoms with E-state index in [0.717, 1.165) is 41.0 Å². The maximum Gasteiger partial charge on any atom is 0.256 e. The van der Waals surface area contributed by atoms with E-state index in [2.05, 4.69) is 25.3 Å². The molecule has 1 saturated heterocycles. The number of piperidine rings is 1. The van der Waals surface area contributed by atoms with Crippen molar-refractivity contribution in [1.82, 2.24) is 34.7 Å². The number of carbonyl (C=O) groups excluding carboxylic acids is 1. The molecule has 5 rings (SSSR count). The number of carbonyl (C=O) groups is 1. The zero-order valence-electron chi connectivity index (χ0n) is 15.0. The van der Waals surface area contributed by atoms with Gasteiger partial charge in [-0.3, -0.25) is 4.79 Å². The minimum atomic E-state index is 0.0489. The maximum atomic E-state index is 13.0. The van der Waals surface area contributed by atoms with Gasteiger partial charge in [0.05, 0.1) is 11.3 Å². The number of aromatic amines is 1. The summed E-state index contributed by atoms with van der Waals surface area (Å²) in [5.41, 5.74) is 3.12. The summed E-state index contributed by atoms with van der Waals surface area (Å²) in [6, 6.07) is 7.65. The van der Waals surface area contributed by atoms with Crippen LogP contribution in [-0.2, 0) is 0 Å². The first-order chi connectivity index (χ1) is 13.2. The molecule has 1 aliphatic heterocycles. The van der Waals surface area contributed by atoms with Gasteiger partial charge in [0, 0.05) is 36.8 Å². The Kier molecular flexibility index (Phi) is 3.63. The molecule has 1 fully saturated rings. The smallest absolute Gasteiger partial charge is 0.256 e. The number of likely N-dealkylation sites (tertiary alicyclic amines) is 1. The van der Waals surface area contributed by atoms with E-state index in [0.29, 0.717) is 18.7 Å². The van der Waals surface area contributed by atoms with Crippen LogP contribution >= 0.6 is 0 Å². The highest BCUT2D eigenvalue weighted by molar-refractivity contribution is 6.05. The molecule has 0 spiro atoms. The largest absolute Gasteiger partial charge is 0.345 e. The number of hydrogen-bond acceptors (Lipinski definition) is 5. The van der Waals surface area contributed by atoms with Crippen molar-refractivity contribution in [1.29, 1.82) is 0 Å². The number of nitrogens with one attached hydrogen (secondary N) is 1. The highest BCUT2D eigenvalue weighted by Gasteiger charge is 2.28. The number of aromatic nitrogens is 6. The summed E-state index contributed by atoms with van der Waals surface area (Å²) < 4.78 is 1.84. The van der Waals surface area contributed by atoms with Crippen LogP contribution in [0.4, 0.5) is 0 Å². The van der Waals surface area contributed by atoms with Gasteiger partial charge in [0.2, 0.25) is 0 Å². The summed E-state index contributed by atoms with van der Waals surface area (Å²) in [7, 11) is 0. The van der Waals surface area contributed by atoms with Crippen LogP contribution in [0, 0.1) is 6.92 Å². The van der Waals surface area contributed by atoms with Crippen molar-refractivity contribution < 1.29 is 4.79 Å². The molecule has 8 nitrogen and oxygen atoms in total. The molecule has 0 aromatic carbocycles. The Morgan fingerprint density at radius 2 is 2.04 bits per heavy atom. The molecular weight excluding hydrogens is 342 g/mol. The zero-order chi connectivity index (χ0) is 18.4. The van der Waals surface area contributed by atoms with Crippen LogP contribution in [0.2, 0.25) is 0 Å². The number of rotatable bonds is 2. The van der Waals surface area contributed by atoms with E-state index < -0.39 is 0 Å². The predicted octanol–water partition coefficient (Wildman–Crippen LogP) is 2.33. The van der Waals surface area contributed by atoms with Crippen LogP contribution in [0.3, 0.4) is 0 Å². The summed E-state index contributed by atoms with van der Waals surface area (Å²) in [5, 5.41) is 14.0. The Morgan fingerprint density at radius 3 is 2.89 bits per heavy atom. The van der Waals surface area contributed by atoms with Crippen molar-refractivity contribution >= 4 is 22.6 Å². The molecule has 0 atom stereocenters. The Morgan fingerprint density at radius 1 is 1.19 bits per heavy atom. The molecule has 0 aliphatic carbocycles. The van der Waals surface area contributed by atoms with Crippen LogP contribution in [0.25, 0.3) is 16.7 Å². The highest BCUT2D eigenvalue weighted by atomic mass is 16.2. The SMILES string of the molecule is Cc1ccc2nnc(C3CCN(C(=O)c4c[nH]c5ncccc45)CC3)n2n1. The number of pyridine rings is 1. The second-order valence-corrected chi connectivity index (χ2v) is 6.97. The average Bonchev–Trinajstić information content (AvgIpc) is 3.31. The first-order valence-corrected chi connectivity index (χ1v) is 9.11. The lowest BCUT2D eigenvalue weighted by Crippen LogP contribution is -2.38. The predicted molar refractivity (Wildman–Crippen MR) is 99.5 cm³/mol. The molecule has 0 unspecified atom stereocenters. The molecule has 4 aromatic rings. The summed E-state index contributed by atoms with van der Waals surface area (Å²) in [5.74, 6) is 1.19. The van der Waals surface area contributed by atoms with Gasteiger partial charge in [-0.05, 0) is 44.0 Å². The first-order valence-electron chi connectivity index (χ1n) is 9.11. The van der Waals surface area contributed by atoms with Crippen LogP contribution in [0.15, 0.2) is 36.7 Å². The Bertz CT molecular complexity index is 1140. The van der Waals surface area contributed by atoms with Gasteiger partial charge in [0.15, 0.2) is 11.5 Å². The number of amides is 1. The number of hydrogen-bond donors (Lipinski definition) is 1. The maximum absolute atomic E-state index is 13.0. The average molecular weight is 361 g/mol. The van der Waals surface area contributed by atoms with Crippen molar-refractivity contribution in [2.75, 3.05) is 13.1 Å². The lowest BCUT2D eigenvalue weighted by Gasteiger charge is -2.31. The van der Waals surface area contributed by atoms with Gasteiger partial charge in [0.25, 0.3) is 5.91 Å². The van der Waals surface area contributed by atoms with Crippen LogP contribution in [0.5, 0.6) is 0 Å². The van der Waals surface area contributed by atoms with Gasteiger partial charge in [-0.25, -0.2) is 4.98 Å². The molecule has 0 saturated carbocycles. The summed E-state index contributed by atoms with van der Waals surface area (Å²) >= 11 is 0. The summed E-state index contributed by atoms with van der Waals surface area (Å²) in [4.78, 5) is 22.2. The van der Waals surface area contributed by atoms with Gasteiger partial charge in [-0.15, -0.1) is 10.2 Å². The number of fused-ring (bicyclic) bond motifs is 2. The zero-order valence-corrected chi connectivity index (χ0v) is 15.0. The minimum absolute atomic E-state index is 0.0489. The molecule has 136 valence electrons. The van der Waals surface area contributed by atoms with E-state index in [4.69, 9.17) is 0 Å². The lowest BCUT2D eigenvalue weighted by atomic mass is 9.95. The van der Waals surface area contributed by atoms with Crippen molar-refractivity contribution in [2.45, 2.75) is 25.7 Å². The molecule has 4 aromatic heterocycles. The fourth-order valence-electron chi connectivity index (χ4n) is 3.80. The second kappa shape index (κ2) is 6.15. The van der Waals surface area contributed by atoms with Gasteiger partial charge >= 0.3 is 0 Å². The molecule has 5 heterocycles. The normalized spacial score (nSPS) is 15.7. The van der Waals surface area contributed by atoms with Crippen molar-refractivity contribution in [3.63, 3.8) is 0 Å². The van der Waals surface area contributed by atoms with Gasteiger partial charge in [-0.1, -0.05) is 0 Å². The molecule has 1 aliphatic rings. The monoisotopic (exact) mass is 361 g/mol. The van der Waals surface area contributed by atoms with E-state index in [1.165, 1.54) is 0 Å². The molecular formula is C19H19N7O. The third kappa shape index (κ3) is 2.64. The Hall–Kier alpha value is -3.29. The van der Waals surface area contributed by atoms with Crippen molar-refractivity contribution in [3.8, 4) is 0 Å². The fourth-order valence-corrected chi connectivity index (χ4v) is 3.80. The molecule has 27 heavy (non-hydrogen) atoms. The van der Waals surface area contributed by atoms with Crippen LogP contribution in [-0.4, -0.2) is 53.7 Å². The van der Waals surface area contributed by atoms with Gasteiger partial charge < -0.3 is 9.88 Å². The fraction of sp³-hybridized carbons (Fsp3) is 0.316. The quantitative estimate of drug-likeness (QED) is 0.592. The number of aryl methyl sites for hydroxylation is 1. The first kappa shape index (κ1) is 15.9. The van der Waals surface area contributed by atoms with Gasteiger partial charge in [0.1, 0.15) is 5.65 Å². The minimum Gasteiger partial charge on any atom is -0.345 e. The lowest BCUT2D eigenvalue weighted by molar-refractivity contribution is 0.0712. The Labute approximate surface area is 155 Å². The van der Waals surface area contributed by atoms with E-state index in [1.54, 1.807) is 12.4 Å². The van der Waals surface area contributed by atoms with Crippen molar-refractivity contribution in [2.24, 2.45) is 0 Å². The van der Waals surface area contributed by atoms with E-state index in [1.807, 2.05) is 40.6 Å². The molecule has 1 N–H and O–H groups in total. The molecule has 0 radical (unpaired) electrons.